The van der Waals surface area contributed by atoms with E-state index in [2.05, 4.69) is 4.99 Å². The van der Waals surface area contributed by atoms with Gasteiger partial charge in [0.15, 0.2) is 4.80 Å². The molecule has 8 nitrogen and oxygen atoms in total. The van der Waals surface area contributed by atoms with Gasteiger partial charge in [0, 0.05) is 11.6 Å². The number of ether oxygens (including phenoxy) is 1. The van der Waals surface area contributed by atoms with Crippen LogP contribution in [0.1, 0.15) is 12.8 Å². The molecule has 1 aromatic heterocycles. The van der Waals surface area contributed by atoms with Crippen molar-refractivity contribution in [2.75, 3.05) is 19.9 Å². The van der Waals surface area contributed by atoms with Crippen molar-refractivity contribution in [3.05, 3.63) is 28.0 Å². The van der Waals surface area contributed by atoms with Gasteiger partial charge in [0.1, 0.15) is 12.6 Å². The number of amides is 1. The Kier molecular flexibility index (Phi) is 5.71. The van der Waals surface area contributed by atoms with E-state index in [4.69, 9.17) is 16.3 Å². The summed E-state index contributed by atoms with van der Waals surface area (Å²) in [5.41, 5.74) is 0.688. The van der Waals surface area contributed by atoms with E-state index in [-0.39, 0.29) is 6.54 Å². The van der Waals surface area contributed by atoms with Crippen molar-refractivity contribution in [2.24, 2.45) is 4.99 Å². The quantitative estimate of drug-likeness (QED) is 0.681. The Morgan fingerprint density at radius 1 is 1.41 bits per heavy atom. The maximum absolute atomic E-state index is 12.7. The number of carbonyl (C=O) groups excluding carboxylic acids is 2. The Labute approximate surface area is 165 Å². The molecule has 146 valence electrons. The van der Waals surface area contributed by atoms with Crippen molar-refractivity contribution in [2.45, 2.75) is 25.4 Å². The first-order chi connectivity index (χ1) is 12.7. The van der Waals surface area contributed by atoms with Crippen molar-refractivity contribution in [1.29, 1.82) is 0 Å². The first kappa shape index (κ1) is 20.0. The van der Waals surface area contributed by atoms with Crippen LogP contribution >= 0.6 is 22.9 Å². The molecule has 1 fully saturated rings. The Bertz CT molecular complexity index is 1070. The number of thiazole rings is 1. The first-order valence-electron chi connectivity index (χ1n) is 8.12. The van der Waals surface area contributed by atoms with Gasteiger partial charge >= 0.3 is 5.97 Å². The second-order valence-electron chi connectivity index (χ2n) is 6.14. The van der Waals surface area contributed by atoms with E-state index < -0.39 is 27.9 Å². The lowest BCUT2D eigenvalue weighted by Gasteiger charge is -2.18. The number of carbonyl (C=O) groups is 2. The van der Waals surface area contributed by atoms with Crippen LogP contribution in [-0.2, 0) is 30.9 Å². The molecule has 0 aliphatic carbocycles. The summed E-state index contributed by atoms with van der Waals surface area (Å²) in [6.45, 7) is 0.180. The van der Waals surface area contributed by atoms with E-state index in [1.54, 1.807) is 22.8 Å². The Morgan fingerprint density at radius 2 is 2.15 bits per heavy atom. The van der Waals surface area contributed by atoms with Gasteiger partial charge in [-0.25, -0.2) is 8.42 Å². The number of methoxy groups -OCH3 is 1. The molecule has 1 aromatic carbocycles. The van der Waals surface area contributed by atoms with E-state index in [1.165, 1.54) is 22.8 Å². The standard InChI is InChI=1S/C16H18ClN3O5S2/c1-25-14(21)9-19-11-6-5-10(17)8-13(11)26-16(19)18-15(22)12-4-3-7-20(12)27(2,23)24/h5-6,8,12H,3-4,7,9H2,1-2H3. The van der Waals surface area contributed by atoms with Crippen molar-refractivity contribution < 1.29 is 22.7 Å². The second-order valence-corrected chi connectivity index (χ2v) is 9.52. The number of sulfonamides is 1. The first-order valence-corrected chi connectivity index (χ1v) is 11.2. The van der Waals surface area contributed by atoms with Gasteiger partial charge in [0.25, 0.3) is 5.91 Å². The molecule has 1 saturated heterocycles. The molecule has 3 rings (SSSR count). The lowest BCUT2D eigenvalue weighted by atomic mass is 10.2. The number of esters is 1. The van der Waals surface area contributed by atoms with Crippen molar-refractivity contribution in [3.8, 4) is 0 Å². The topological polar surface area (TPSA) is 98.0 Å². The zero-order valence-electron chi connectivity index (χ0n) is 14.7. The summed E-state index contributed by atoms with van der Waals surface area (Å²) in [6.07, 6.45) is 2.10. The molecule has 27 heavy (non-hydrogen) atoms. The van der Waals surface area contributed by atoms with Crippen molar-refractivity contribution >= 4 is 55.1 Å². The average molecular weight is 432 g/mol. The third-order valence-corrected chi connectivity index (χ3v) is 6.85. The van der Waals surface area contributed by atoms with Crippen LogP contribution in [0, 0.1) is 0 Å². The van der Waals surface area contributed by atoms with Crippen LogP contribution in [0.25, 0.3) is 10.2 Å². The van der Waals surface area contributed by atoms with E-state index in [1.807, 2.05) is 0 Å². The van der Waals surface area contributed by atoms with E-state index in [0.717, 1.165) is 11.0 Å². The minimum Gasteiger partial charge on any atom is -0.468 e. The average Bonchev–Trinajstić information content (AvgIpc) is 3.20. The normalized spacial score (nSPS) is 18.9. The largest absolute Gasteiger partial charge is 0.468 e. The number of nitrogens with zero attached hydrogens (tertiary/aromatic N) is 3. The molecule has 0 spiro atoms. The maximum atomic E-state index is 12.7. The fourth-order valence-electron chi connectivity index (χ4n) is 3.03. The van der Waals surface area contributed by atoms with Crippen LogP contribution < -0.4 is 4.80 Å². The number of rotatable bonds is 4. The Morgan fingerprint density at radius 3 is 2.81 bits per heavy atom. The van der Waals surface area contributed by atoms with E-state index >= 15 is 0 Å². The monoisotopic (exact) mass is 431 g/mol. The Hall–Kier alpha value is -1.75. The van der Waals surface area contributed by atoms with Crippen LogP contribution in [0.5, 0.6) is 0 Å². The summed E-state index contributed by atoms with van der Waals surface area (Å²) in [4.78, 5) is 28.9. The van der Waals surface area contributed by atoms with Crippen LogP contribution in [0.3, 0.4) is 0 Å². The molecule has 0 N–H and O–H groups in total. The molecule has 2 aromatic rings. The SMILES string of the molecule is COC(=O)Cn1c(=NC(=O)C2CCCN2S(C)(=O)=O)sc2cc(Cl)ccc21. The third kappa shape index (κ3) is 4.23. The molecule has 11 heteroatoms. The van der Waals surface area contributed by atoms with Crippen LogP contribution in [0.2, 0.25) is 5.02 Å². The van der Waals surface area contributed by atoms with Gasteiger partial charge in [-0.15, -0.1) is 0 Å². The minimum absolute atomic E-state index is 0.120. The lowest BCUT2D eigenvalue weighted by molar-refractivity contribution is -0.141. The highest BCUT2D eigenvalue weighted by molar-refractivity contribution is 7.88. The third-order valence-electron chi connectivity index (χ3n) is 4.28. The van der Waals surface area contributed by atoms with E-state index in [0.29, 0.717) is 34.7 Å². The van der Waals surface area contributed by atoms with Crippen LogP contribution in [-0.4, -0.2) is 55.1 Å². The summed E-state index contributed by atoms with van der Waals surface area (Å²) in [7, 11) is -2.22. The van der Waals surface area contributed by atoms with Crippen LogP contribution in [0.4, 0.5) is 0 Å². The number of hydrogen-bond acceptors (Lipinski definition) is 6. The van der Waals surface area contributed by atoms with Gasteiger partial charge in [-0.2, -0.15) is 9.30 Å². The number of aromatic nitrogens is 1. The number of halogens is 1. The molecule has 1 atom stereocenters. The van der Waals surface area contributed by atoms with Gasteiger partial charge in [-0.3, -0.25) is 9.59 Å². The van der Waals surface area contributed by atoms with Gasteiger partial charge in [-0.1, -0.05) is 22.9 Å². The fraction of sp³-hybridized carbons (Fsp3) is 0.438. The highest BCUT2D eigenvalue weighted by atomic mass is 35.5. The van der Waals surface area contributed by atoms with E-state index in [9.17, 15) is 18.0 Å². The fourth-order valence-corrected chi connectivity index (χ4v) is 5.46. The second kappa shape index (κ2) is 7.70. The molecule has 0 radical (unpaired) electrons. The number of fused-ring (bicyclic) bond motifs is 1. The molecule has 1 unspecified atom stereocenters. The summed E-state index contributed by atoms with van der Waals surface area (Å²) in [5.74, 6) is -1.04. The molecular weight excluding hydrogens is 414 g/mol. The van der Waals surface area contributed by atoms with Gasteiger partial charge in [-0.05, 0) is 31.0 Å². The molecular formula is C16H18ClN3O5S2. The molecule has 0 bridgehead atoms. The zero-order valence-corrected chi connectivity index (χ0v) is 17.1. The molecule has 2 heterocycles. The maximum Gasteiger partial charge on any atom is 0.325 e. The van der Waals surface area contributed by atoms with Crippen molar-refractivity contribution in [3.63, 3.8) is 0 Å². The van der Waals surface area contributed by atoms with Crippen molar-refractivity contribution in [1.82, 2.24) is 8.87 Å². The number of benzene rings is 1. The van der Waals surface area contributed by atoms with Gasteiger partial charge in [0.2, 0.25) is 10.0 Å². The van der Waals surface area contributed by atoms with Gasteiger partial charge < -0.3 is 9.30 Å². The molecule has 1 aliphatic heterocycles. The summed E-state index contributed by atoms with van der Waals surface area (Å²) in [5, 5.41) is 0.519. The molecule has 0 saturated carbocycles. The summed E-state index contributed by atoms with van der Waals surface area (Å²) in [6, 6.07) is 4.31. The summed E-state index contributed by atoms with van der Waals surface area (Å²) >= 11 is 7.23. The molecule has 1 aliphatic rings. The summed E-state index contributed by atoms with van der Waals surface area (Å²) < 4.78 is 32.0. The predicted octanol–water partition coefficient (Wildman–Crippen LogP) is 1.38. The molecule has 1 amide bonds. The highest BCUT2D eigenvalue weighted by Crippen LogP contribution is 2.23. The Balaban J connectivity index is 2.08. The zero-order chi connectivity index (χ0) is 19.8. The lowest BCUT2D eigenvalue weighted by Crippen LogP contribution is -2.40. The minimum atomic E-state index is -3.49. The smallest absolute Gasteiger partial charge is 0.325 e. The highest BCUT2D eigenvalue weighted by Gasteiger charge is 2.36. The number of hydrogen-bond donors (Lipinski definition) is 0. The predicted molar refractivity (Wildman–Crippen MR) is 102 cm³/mol. The van der Waals surface area contributed by atoms with Crippen LogP contribution in [0.15, 0.2) is 23.2 Å². The van der Waals surface area contributed by atoms with Gasteiger partial charge in [0.05, 0.1) is 23.6 Å².